The van der Waals surface area contributed by atoms with Crippen LogP contribution in [0.1, 0.15) is 31.3 Å². The first-order valence-corrected chi connectivity index (χ1v) is 7.62. The van der Waals surface area contributed by atoms with Gasteiger partial charge in [-0.05, 0) is 31.6 Å². The third-order valence-corrected chi connectivity index (χ3v) is 4.92. The van der Waals surface area contributed by atoms with Gasteiger partial charge in [0.1, 0.15) is 23.0 Å². The maximum absolute atomic E-state index is 12.1. The summed E-state index contributed by atoms with van der Waals surface area (Å²) in [5.41, 5.74) is 0. The molecule has 0 saturated heterocycles. The Balaban J connectivity index is 2.06. The predicted molar refractivity (Wildman–Crippen MR) is 66.4 cm³/mol. The smallest absolute Gasteiger partial charge is 0.244 e. The van der Waals surface area contributed by atoms with Gasteiger partial charge in [0.25, 0.3) is 0 Å². The monoisotopic (exact) mass is 273 g/mol. The summed E-state index contributed by atoms with van der Waals surface area (Å²) in [6.45, 7) is 3.79. The van der Waals surface area contributed by atoms with Crippen molar-refractivity contribution in [2.24, 2.45) is 11.8 Å². The zero-order valence-corrected chi connectivity index (χ0v) is 11.5. The van der Waals surface area contributed by atoms with Crippen LogP contribution >= 0.6 is 0 Å². The third kappa shape index (κ3) is 2.93. The molecule has 0 bridgehead atoms. The summed E-state index contributed by atoms with van der Waals surface area (Å²) in [5.74, 6) is 1.60. The highest BCUT2D eigenvalue weighted by molar-refractivity contribution is 7.89. The molecule has 1 fully saturated rings. The van der Waals surface area contributed by atoms with Gasteiger partial charge in [0.2, 0.25) is 10.0 Å². The minimum absolute atomic E-state index is 0.120. The van der Waals surface area contributed by atoms with E-state index in [1.54, 1.807) is 6.92 Å². The Morgan fingerprint density at radius 1 is 1.56 bits per heavy atom. The highest BCUT2D eigenvalue weighted by atomic mass is 32.2. The molecule has 18 heavy (non-hydrogen) atoms. The van der Waals surface area contributed by atoms with Crippen molar-refractivity contribution in [3.8, 4) is 0 Å². The summed E-state index contributed by atoms with van der Waals surface area (Å²) < 4.78 is 31.9. The van der Waals surface area contributed by atoms with E-state index in [2.05, 4.69) is 11.6 Å². The van der Waals surface area contributed by atoms with Crippen molar-refractivity contribution in [1.82, 2.24) is 4.72 Å². The molecule has 0 aliphatic heterocycles. The highest BCUT2D eigenvalue weighted by Gasteiger charge is 2.29. The molecule has 1 heterocycles. The molecule has 0 aromatic carbocycles. The summed E-state index contributed by atoms with van der Waals surface area (Å²) in [4.78, 5) is 0.120. The molecule has 102 valence electrons. The highest BCUT2D eigenvalue weighted by Crippen LogP contribution is 2.36. The summed E-state index contributed by atoms with van der Waals surface area (Å²) >= 11 is 0. The van der Waals surface area contributed by atoms with Crippen LogP contribution in [0.5, 0.6) is 0 Å². The quantitative estimate of drug-likeness (QED) is 0.821. The minimum Gasteiger partial charge on any atom is -0.462 e. The topological polar surface area (TPSA) is 79.5 Å². The maximum Gasteiger partial charge on any atom is 0.244 e. The second-order valence-electron chi connectivity index (χ2n) is 4.96. The van der Waals surface area contributed by atoms with Crippen molar-refractivity contribution in [2.45, 2.75) is 38.2 Å². The largest absolute Gasteiger partial charge is 0.462 e. The molecule has 1 saturated carbocycles. The van der Waals surface area contributed by atoms with Gasteiger partial charge in [-0.3, -0.25) is 0 Å². The Hall–Kier alpha value is -0.850. The lowest BCUT2D eigenvalue weighted by molar-refractivity contribution is 0.244. The first-order chi connectivity index (χ1) is 8.44. The van der Waals surface area contributed by atoms with Gasteiger partial charge >= 0.3 is 0 Å². The third-order valence-electron chi connectivity index (χ3n) is 3.39. The van der Waals surface area contributed by atoms with Gasteiger partial charge in [-0.25, -0.2) is 13.1 Å². The van der Waals surface area contributed by atoms with E-state index in [0.29, 0.717) is 24.1 Å². The standard InChI is InChI=1S/C12H19NO4S/c1-8(10-3-4-10)6-13-18(15,16)12-5-11(7-14)17-9(12)2/h5,8,10,13-14H,3-4,6-7H2,1-2H3. The van der Waals surface area contributed by atoms with Gasteiger partial charge in [-0.1, -0.05) is 6.92 Å². The van der Waals surface area contributed by atoms with Gasteiger partial charge in [-0.2, -0.15) is 0 Å². The van der Waals surface area contributed by atoms with Crippen molar-refractivity contribution < 1.29 is 17.9 Å². The molecule has 1 aliphatic carbocycles. The van der Waals surface area contributed by atoms with Crippen molar-refractivity contribution in [2.75, 3.05) is 6.54 Å². The van der Waals surface area contributed by atoms with Gasteiger partial charge in [0.05, 0.1) is 0 Å². The summed E-state index contributed by atoms with van der Waals surface area (Å²) in [6, 6.07) is 1.37. The Morgan fingerprint density at radius 3 is 2.72 bits per heavy atom. The van der Waals surface area contributed by atoms with Crippen LogP contribution in [-0.4, -0.2) is 20.1 Å². The van der Waals surface area contributed by atoms with Gasteiger partial charge in [0.15, 0.2) is 0 Å². The number of aryl methyl sites for hydroxylation is 1. The lowest BCUT2D eigenvalue weighted by Crippen LogP contribution is -2.29. The summed E-state index contributed by atoms with van der Waals surface area (Å²) in [6.07, 6.45) is 2.39. The molecule has 0 radical (unpaired) electrons. The Bertz CT molecular complexity index is 516. The molecular formula is C12H19NO4S. The lowest BCUT2D eigenvalue weighted by Gasteiger charge is -2.11. The normalized spacial score (nSPS) is 17.9. The first kappa shape index (κ1) is 13.6. The Morgan fingerprint density at radius 2 is 2.22 bits per heavy atom. The number of aliphatic hydroxyl groups excluding tert-OH is 1. The summed E-state index contributed by atoms with van der Waals surface area (Å²) in [7, 11) is -3.54. The zero-order valence-electron chi connectivity index (χ0n) is 10.6. The average molecular weight is 273 g/mol. The van der Waals surface area contributed by atoms with Gasteiger partial charge in [-0.15, -0.1) is 0 Å². The molecule has 0 spiro atoms. The molecule has 6 heteroatoms. The van der Waals surface area contributed by atoms with E-state index in [4.69, 9.17) is 9.52 Å². The second-order valence-corrected chi connectivity index (χ2v) is 6.69. The predicted octanol–water partition coefficient (Wildman–Crippen LogP) is 1.40. The molecule has 1 aromatic rings. The fraction of sp³-hybridized carbons (Fsp3) is 0.667. The number of sulfonamides is 1. The Labute approximate surface area is 107 Å². The first-order valence-electron chi connectivity index (χ1n) is 6.14. The van der Waals surface area contributed by atoms with E-state index >= 15 is 0 Å². The fourth-order valence-corrected chi connectivity index (χ4v) is 3.36. The molecule has 1 aromatic heterocycles. The minimum atomic E-state index is -3.54. The SMILES string of the molecule is Cc1oc(CO)cc1S(=O)(=O)NCC(C)C1CC1. The van der Waals surface area contributed by atoms with Crippen LogP contribution in [0.2, 0.25) is 0 Å². The van der Waals surface area contributed by atoms with Crippen LogP contribution in [0.3, 0.4) is 0 Å². The molecule has 0 amide bonds. The van der Waals surface area contributed by atoms with Gasteiger partial charge < -0.3 is 9.52 Å². The summed E-state index contributed by atoms with van der Waals surface area (Å²) in [5, 5.41) is 8.93. The number of aliphatic hydroxyl groups is 1. The van der Waals surface area contributed by atoms with Crippen LogP contribution in [0.15, 0.2) is 15.4 Å². The number of hydrogen-bond donors (Lipinski definition) is 2. The fourth-order valence-electron chi connectivity index (χ4n) is 2.02. The average Bonchev–Trinajstić information content (AvgIpc) is 3.09. The van der Waals surface area contributed by atoms with Crippen LogP contribution in [0.25, 0.3) is 0 Å². The van der Waals surface area contributed by atoms with Crippen molar-refractivity contribution in [1.29, 1.82) is 0 Å². The van der Waals surface area contributed by atoms with E-state index in [9.17, 15) is 8.42 Å². The molecule has 1 unspecified atom stereocenters. The van der Waals surface area contributed by atoms with E-state index in [1.807, 2.05) is 0 Å². The Kier molecular flexibility index (Phi) is 3.79. The van der Waals surface area contributed by atoms with Crippen LogP contribution in [0.4, 0.5) is 0 Å². The number of hydrogen-bond acceptors (Lipinski definition) is 4. The number of rotatable bonds is 6. The maximum atomic E-state index is 12.1. The van der Waals surface area contributed by atoms with Gasteiger partial charge in [0, 0.05) is 12.6 Å². The molecule has 1 aliphatic rings. The molecule has 1 atom stereocenters. The zero-order chi connectivity index (χ0) is 13.3. The molecule has 2 N–H and O–H groups in total. The van der Waals surface area contributed by atoms with Crippen LogP contribution in [0, 0.1) is 18.8 Å². The molecular weight excluding hydrogens is 254 g/mol. The van der Waals surface area contributed by atoms with E-state index in [-0.39, 0.29) is 17.3 Å². The van der Waals surface area contributed by atoms with Crippen molar-refractivity contribution in [3.05, 3.63) is 17.6 Å². The van der Waals surface area contributed by atoms with Crippen molar-refractivity contribution in [3.63, 3.8) is 0 Å². The van der Waals surface area contributed by atoms with E-state index in [0.717, 1.165) is 0 Å². The van der Waals surface area contributed by atoms with Crippen molar-refractivity contribution >= 4 is 10.0 Å². The van der Waals surface area contributed by atoms with Crippen LogP contribution < -0.4 is 4.72 Å². The number of furan rings is 1. The molecule has 5 nitrogen and oxygen atoms in total. The van der Waals surface area contributed by atoms with Crippen LogP contribution in [-0.2, 0) is 16.6 Å². The lowest BCUT2D eigenvalue weighted by atomic mass is 10.1. The van der Waals surface area contributed by atoms with E-state index < -0.39 is 10.0 Å². The second kappa shape index (κ2) is 5.03. The van der Waals surface area contributed by atoms with E-state index in [1.165, 1.54) is 18.9 Å². The number of nitrogens with one attached hydrogen (secondary N) is 1. The molecule has 2 rings (SSSR count).